The van der Waals surface area contributed by atoms with Gasteiger partial charge in [0.25, 0.3) is 0 Å². The maximum Gasteiger partial charge on any atom is 0.191 e. The van der Waals surface area contributed by atoms with E-state index in [1.807, 2.05) is 24.6 Å². The van der Waals surface area contributed by atoms with E-state index in [9.17, 15) is 4.39 Å². The highest BCUT2D eigenvalue weighted by Gasteiger charge is 2.20. The van der Waals surface area contributed by atoms with Gasteiger partial charge in [-0.1, -0.05) is 6.07 Å². The van der Waals surface area contributed by atoms with Crippen LogP contribution >= 0.6 is 24.0 Å². The number of rotatable bonds is 6. The number of nitrogens with zero attached hydrogens (tertiary/aromatic N) is 5. The Bertz CT molecular complexity index is 850. The molecule has 0 unspecified atom stereocenters. The van der Waals surface area contributed by atoms with Crippen molar-refractivity contribution in [2.75, 3.05) is 27.2 Å². The van der Waals surface area contributed by atoms with Gasteiger partial charge >= 0.3 is 0 Å². The summed E-state index contributed by atoms with van der Waals surface area (Å²) < 4.78 is 20.8. The predicted octanol–water partition coefficient (Wildman–Crippen LogP) is 2.22. The SMILES string of the molecule is CN=C(NCc1nnc(C)n1C)NC1CCN(Cc2ccc(OC)c(F)c2)CC1.I. The van der Waals surface area contributed by atoms with Gasteiger partial charge in [0.1, 0.15) is 5.82 Å². The number of aliphatic imine (C=N–C) groups is 1. The van der Waals surface area contributed by atoms with Crippen molar-refractivity contribution in [2.24, 2.45) is 12.0 Å². The van der Waals surface area contributed by atoms with Gasteiger partial charge in [0.15, 0.2) is 23.4 Å². The number of guanidine groups is 1. The number of benzene rings is 1. The van der Waals surface area contributed by atoms with Crippen LogP contribution in [0.2, 0.25) is 0 Å². The third-order valence-electron chi connectivity index (χ3n) is 5.37. The number of halogens is 2. The maximum absolute atomic E-state index is 13.9. The van der Waals surface area contributed by atoms with Crippen LogP contribution in [0.1, 0.15) is 30.1 Å². The number of hydrogen-bond donors (Lipinski definition) is 2. The third-order valence-corrected chi connectivity index (χ3v) is 5.37. The fourth-order valence-electron chi connectivity index (χ4n) is 3.46. The molecule has 0 saturated carbocycles. The van der Waals surface area contributed by atoms with Crippen molar-refractivity contribution in [1.29, 1.82) is 0 Å². The number of aromatic nitrogens is 3. The molecule has 8 nitrogen and oxygen atoms in total. The van der Waals surface area contributed by atoms with Gasteiger partial charge in [-0.05, 0) is 37.5 Å². The van der Waals surface area contributed by atoms with Crippen LogP contribution in [0.5, 0.6) is 5.75 Å². The fraction of sp³-hybridized carbons (Fsp3) is 0.550. The van der Waals surface area contributed by atoms with E-state index in [4.69, 9.17) is 4.74 Å². The summed E-state index contributed by atoms with van der Waals surface area (Å²) in [5.74, 6) is 2.49. The van der Waals surface area contributed by atoms with E-state index in [0.717, 1.165) is 55.6 Å². The van der Waals surface area contributed by atoms with E-state index in [1.165, 1.54) is 7.11 Å². The first kappa shape index (κ1) is 24.3. The molecule has 0 spiro atoms. The van der Waals surface area contributed by atoms with Crippen molar-refractivity contribution >= 4 is 29.9 Å². The topological polar surface area (TPSA) is 79.6 Å². The van der Waals surface area contributed by atoms with Crippen molar-refractivity contribution in [2.45, 2.75) is 38.9 Å². The summed E-state index contributed by atoms with van der Waals surface area (Å²) in [6.07, 6.45) is 2.00. The molecule has 0 atom stereocenters. The normalized spacial score (nSPS) is 15.6. The van der Waals surface area contributed by atoms with Gasteiger partial charge in [0.2, 0.25) is 0 Å². The highest BCUT2D eigenvalue weighted by atomic mass is 127. The molecule has 1 aliphatic heterocycles. The Hall–Kier alpha value is -1.95. The van der Waals surface area contributed by atoms with Crippen molar-refractivity contribution in [3.8, 4) is 5.75 Å². The number of hydrogen-bond acceptors (Lipinski definition) is 5. The lowest BCUT2D eigenvalue weighted by molar-refractivity contribution is 0.198. The third kappa shape index (κ3) is 6.27. The number of piperidine rings is 1. The molecule has 10 heteroatoms. The Morgan fingerprint density at radius 3 is 2.60 bits per heavy atom. The maximum atomic E-state index is 13.9. The Morgan fingerprint density at radius 1 is 1.30 bits per heavy atom. The predicted molar refractivity (Wildman–Crippen MR) is 126 cm³/mol. The minimum Gasteiger partial charge on any atom is -0.494 e. The molecule has 0 bridgehead atoms. The van der Waals surface area contributed by atoms with E-state index < -0.39 is 0 Å². The lowest BCUT2D eigenvalue weighted by atomic mass is 10.0. The van der Waals surface area contributed by atoms with Crippen molar-refractivity contribution < 1.29 is 9.13 Å². The summed E-state index contributed by atoms with van der Waals surface area (Å²) in [6.45, 7) is 5.14. The van der Waals surface area contributed by atoms with Crippen LogP contribution in [0.4, 0.5) is 4.39 Å². The minimum atomic E-state index is -0.311. The lowest BCUT2D eigenvalue weighted by Crippen LogP contribution is -2.48. The van der Waals surface area contributed by atoms with Crippen LogP contribution in [0.25, 0.3) is 0 Å². The average molecular weight is 531 g/mol. The molecule has 2 heterocycles. The molecule has 3 rings (SSSR count). The number of ether oxygens (including phenoxy) is 1. The van der Waals surface area contributed by atoms with E-state index in [2.05, 4.69) is 30.7 Å². The van der Waals surface area contributed by atoms with Gasteiger partial charge in [-0.3, -0.25) is 9.89 Å². The van der Waals surface area contributed by atoms with Crippen LogP contribution in [-0.4, -0.2) is 58.9 Å². The Labute approximate surface area is 194 Å². The van der Waals surface area contributed by atoms with Crippen LogP contribution in [0.15, 0.2) is 23.2 Å². The number of aryl methyl sites for hydroxylation is 1. The first-order chi connectivity index (χ1) is 14.0. The number of methoxy groups -OCH3 is 1. The molecule has 30 heavy (non-hydrogen) atoms. The largest absolute Gasteiger partial charge is 0.494 e. The fourth-order valence-corrected chi connectivity index (χ4v) is 3.46. The van der Waals surface area contributed by atoms with Crippen LogP contribution < -0.4 is 15.4 Å². The second kappa shape index (κ2) is 11.4. The quantitative estimate of drug-likeness (QED) is 0.338. The van der Waals surface area contributed by atoms with E-state index in [1.54, 1.807) is 19.2 Å². The van der Waals surface area contributed by atoms with E-state index in [-0.39, 0.29) is 35.5 Å². The smallest absolute Gasteiger partial charge is 0.191 e. The van der Waals surface area contributed by atoms with Crippen molar-refractivity contribution in [1.82, 2.24) is 30.3 Å². The zero-order valence-electron chi connectivity index (χ0n) is 18.0. The molecule has 1 saturated heterocycles. The van der Waals surface area contributed by atoms with Crippen LogP contribution in [0.3, 0.4) is 0 Å². The first-order valence-corrected chi connectivity index (χ1v) is 9.87. The average Bonchev–Trinajstić information content (AvgIpc) is 3.04. The van der Waals surface area contributed by atoms with E-state index >= 15 is 0 Å². The Balaban J connectivity index is 0.00000320. The molecule has 1 aromatic heterocycles. The number of nitrogens with one attached hydrogen (secondary N) is 2. The molecule has 0 amide bonds. The first-order valence-electron chi connectivity index (χ1n) is 9.87. The van der Waals surface area contributed by atoms with Gasteiger partial charge in [-0.25, -0.2) is 4.39 Å². The molecule has 1 aromatic carbocycles. The summed E-state index contributed by atoms with van der Waals surface area (Å²) in [5.41, 5.74) is 0.964. The molecule has 166 valence electrons. The van der Waals surface area contributed by atoms with Gasteiger partial charge in [-0.15, -0.1) is 34.2 Å². The molecular formula is C20H31FIN7O. The summed E-state index contributed by atoms with van der Waals surface area (Å²) >= 11 is 0. The van der Waals surface area contributed by atoms with E-state index in [0.29, 0.717) is 12.6 Å². The summed E-state index contributed by atoms with van der Waals surface area (Å²) in [5, 5.41) is 15.0. The van der Waals surface area contributed by atoms with Crippen molar-refractivity contribution in [3.05, 3.63) is 41.2 Å². The van der Waals surface area contributed by atoms with Crippen LogP contribution in [-0.2, 0) is 20.1 Å². The standard InChI is InChI=1S/C20H30FN7O.HI/c1-14-25-26-19(27(14)3)12-23-20(22-2)24-16-7-9-28(10-8-16)13-15-5-6-18(29-4)17(21)11-15;/h5-6,11,16H,7-10,12-13H2,1-4H3,(H2,22,23,24);1H. The second-order valence-corrected chi connectivity index (χ2v) is 7.31. The van der Waals surface area contributed by atoms with Crippen LogP contribution in [0, 0.1) is 12.7 Å². The molecule has 1 fully saturated rings. The molecule has 0 aliphatic carbocycles. The molecule has 2 aromatic rings. The highest BCUT2D eigenvalue weighted by molar-refractivity contribution is 14.0. The van der Waals surface area contributed by atoms with Gasteiger partial charge in [0, 0.05) is 39.8 Å². The monoisotopic (exact) mass is 531 g/mol. The molecule has 0 radical (unpaired) electrons. The number of likely N-dealkylation sites (tertiary alicyclic amines) is 1. The van der Waals surface area contributed by atoms with Gasteiger partial charge < -0.3 is 19.9 Å². The zero-order chi connectivity index (χ0) is 20.8. The van der Waals surface area contributed by atoms with Crippen molar-refractivity contribution in [3.63, 3.8) is 0 Å². The lowest BCUT2D eigenvalue weighted by Gasteiger charge is -2.33. The van der Waals surface area contributed by atoms with Gasteiger partial charge in [0.05, 0.1) is 13.7 Å². The zero-order valence-corrected chi connectivity index (χ0v) is 20.3. The second-order valence-electron chi connectivity index (χ2n) is 7.31. The Kier molecular flexibility index (Phi) is 9.28. The Morgan fingerprint density at radius 2 is 2.03 bits per heavy atom. The minimum absolute atomic E-state index is 0. The molecule has 1 aliphatic rings. The summed E-state index contributed by atoms with van der Waals surface area (Å²) in [4.78, 5) is 6.66. The molecule has 2 N–H and O–H groups in total. The molecular weight excluding hydrogens is 500 g/mol. The van der Waals surface area contributed by atoms with Gasteiger partial charge in [-0.2, -0.15) is 0 Å². The summed E-state index contributed by atoms with van der Waals surface area (Å²) in [7, 11) is 5.20. The highest BCUT2D eigenvalue weighted by Crippen LogP contribution is 2.20. The summed E-state index contributed by atoms with van der Waals surface area (Å²) in [6, 6.07) is 5.52.